The lowest BCUT2D eigenvalue weighted by molar-refractivity contribution is 0.262. The SMILES string of the molecule is CCC1CCC(CNCc2cn(CCO)nn2)CC1. The van der Waals surface area contributed by atoms with Gasteiger partial charge in [-0.25, -0.2) is 4.68 Å². The van der Waals surface area contributed by atoms with Crippen LogP contribution in [0.15, 0.2) is 6.20 Å². The summed E-state index contributed by atoms with van der Waals surface area (Å²) in [6, 6.07) is 0. The second kappa shape index (κ2) is 7.60. The van der Waals surface area contributed by atoms with Gasteiger partial charge in [0, 0.05) is 12.7 Å². The molecule has 1 heterocycles. The van der Waals surface area contributed by atoms with Crippen LogP contribution in [0.2, 0.25) is 0 Å². The summed E-state index contributed by atoms with van der Waals surface area (Å²) in [5.41, 5.74) is 0.954. The molecule has 1 fully saturated rings. The van der Waals surface area contributed by atoms with Crippen LogP contribution in [-0.2, 0) is 13.1 Å². The van der Waals surface area contributed by atoms with Gasteiger partial charge in [-0.05, 0) is 31.2 Å². The van der Waals surface area contributed by atoms with E-state index in [9.17, 15) is 0 Å². The van der Waals surface area contributed by atoms with Gasteiger partial charge >= 0.3 is 0 Å². The third kappa shape index (κ3) is 4.58. The number of aromatic nitrogens is 3. The number of aliphatic hydroxyl groups is 1. The minimum absolute atomic E-state index is 0.108. The van der Waals surface area contributed by atoms with Crippen LogP contribution in [0, 0.1) is 11.8 Å². The van der Waals surface area contributed by atoms with E-state index in [2.05, 4.69) is 22.6 Å². The summed E-state index contributed by atoms with van der Waals surface area (Å²) in [5, 5.41) is 20.3. The van der Waals surface area contributed by atoms with Gasteiger partial charge in [-0.3, -0.25) is 0 Å². The maximum Gasteiger partial charge on any atom is 0.0964 e. The van der Waals surface area contributed by atoms with E-state index < -0.39 is 0 Å². The molecule has 1 aromatic rings. The van der Waals surface area contributed by atoms with Crippen molar-refractivity contribution in [1.82, 2.24) is 20.3 Å². The Morgan fingerprint density at radius 3 is 2.74 bits per heavy atom. The van der Waals surface area contributed by atoms with Gasteiger partial charge in [-0.2, -0.15) is 0 Å². The van der Waals surface area contributed by atoms with Crippen LogP contribution in [0.25, 0.3) is 0 Å². The summed E-state index contributed by atoms with van der Waals surface area (Å²) >= 11 is 0. The molecule has 0 aliphatic heterocycles. The molecule has 2 rings (SSSR count). The van der Waals surface area contributed by atoms with Crippen LogP contribution >= 0.6 is 0 Å². The standard InChI is InChI=1S/C14H26N4O/c1-2-12-3-5-13(6-4-12)9-15-10-14-11-18(7-8-19)17-16-14/h11-13,15,19H,2-10H2,1H3. The molecule has 0 saturated heterocycles. The quantitative estimate of drug-likeness (QED) is 0.786. The van der Waals surface area contributed by atoms with Crippen molar-refractivity contribution in [3.8, 4) is 0 Å². The summed E-state index contributed by atoms with van der Waals surface area (Å²) in [5.74, 6) is 1.80. The van der Waals surface area contributed by atoms with Crippen molar-refractivity contribution < 1.29 is 5.11 Å². The molecular formula is C14H26N4O. The molecule has 5 nitrogen and oxygen atoms in total. The molecule has 2 N–H and O–H groups in total. The largest absolute Gasteiger partial charge is 0.394 e. The number of hydrogen-bond acceptors (Lipinski definition) is 4. The molecule has 5 heteroatoms. The fraction of sp³-hybridized carbons (Fsp3) is 0.857. The summed E-state index contributed by atoms with van der Waals surface area (Å²) in [6.45, 7) is 4.80. The maximum atomic E-state index is 8.81. The van der Waals surface area contributed by atoms with Gasteiger partial charge < -0.3 is 10.4 Å². The third-order valence-electron chi connectivity index (χ3n) is 4.20. The first-order valence-electron chi connectivity index (χ1n) is 7.52. The van der Waals surface area contributed by atoms with Crippen LogP contribution in [0.3, 0.4) is 0 Å². The van der Waals surface area contributed by atoms with Gasteiger partial charge in [0.25, 0.3) is 0 Å². The Hall–Kier alpha value is -0.940. The predicted octanol–water partition coefficient (Wildman–Crippen LogP) is 1.58. The van der Waals surface area contributed by atoms with Gasteiger partial charge in [-0.1, -0.05) is 31.4 Å². The van der Waals surface area contributed by atoms with Crippen LogP contribution in [0.4, 0.5) is 0 Å². The Kier molecular flexibility index (Phi) is 5.79. The summed E-state index contributed by atoms with van der Waals surface area (Å²) in [4.78, 5) is 0. The number of nitrogens with one attached hydrogen (secondary N) is 1. The van der Waals surface area contributed by atoms with E-state index in [-0.39, 0.29) is 6.61 Å². The van der Waals surface area contributed by atoms with Crippen molar-refractivity contribution in [3.63, 3.8) is 0 Å². The smallest absolute Gasteiger partial charge is 0.0964 e. The van der Waals surface area contributed by atoms with Gasteiger partial charge in [-0.15, -0.1) is 5.10 Å². The van der Waals surface area contributed by atoms with Gasteiger partial charge in [0.2, 0.25) is 0 Å². The van der Waals surface area contributed by atoms with E-state index in [0.717, 1.165) is 30.6 Å². The second-order valence-electron chi connectivity index (χ2n) is 5.62. The molecule has 0 atom stereocenters. The zero-order valence-corrected chi connectivity index (χ0v) is 11.9. The number of hydrogen-bond donors (Lipinski definition) is 2. The average Bonchev–Trinajstić information content (AvgIpc) is 2.88. The van der Waals surface area contributed by atoms with Crippen molar-refractivity contribution in [3.05, 3.63) is 11.9 Å². The van der Waals surface area contributed by atoms with Gasteiger partial charge in [0.1, 0.15) is 0 Å². The lowest BCUT2D eigenvalue weighted by atomic mass is 9.81. The molecule has 0 spiro atoms. The van der Waals surface area contributed by atoms with Crippen LogP contribution in [-0.4, -0.2) is 33.3 Å². The molecule has 0 radical (unpaired) electrons. The lowest BCUT2D eigenvalue weighted by Crippen LogP contribution is -2.26. The summed E-state index contributed by atoms with van der Waals surface area (Å²) < 4.78 is 1.68. The Morgan fingerprint density at radius 2 is 2.05 bits per heavy atom. The van der Waals surface area contributed by atoms with E-state index in [1.54, 1.807) is 4.68 Å². The fourth-order valence-corrected chi connectivity index (χ4v) is 2.88. The number of rotatable bonds is 7. The molecule has 1 saturated carbocycles. The van der Waals surface area contributed by atoms with Gasteiger partial charge in [0.15, 0.2) is 0 Å². The predicted molar refractivity (Wildman–Crippen MR) is 74.6 cm³/mol. The molecule has 1 aromatic heterocycles. The first-order valence-corrected chi connectivity index (χ1v) is 7.52. The normalized spacial score (nSPS) is 23.7. The lowest BCUT2D eigenvalue weighted by Gasteiger charge is -2.27. The Labute approximate surface area is 115 Å². The van der Waals surface area contributed by atoms with Crippen LogP contribution in [0.1, 0.15) is 44.7 Å². The maximum absolute atomic E-state index is 8.81. The number of nitrogens with zero attached hydrogens (tertiary/aromatic N) is 3. The molecule has 1 aliphatic carbocycles. The highest BCUT2D eigenvalue weighted by molar-refractivity contribution is 4.91. The van der Waals surface area contributed by atoms with Crippen molar-refractivity contribution >= 4 is 0 Å². The van der Waals surface area contributed by atoms with Crippen molar-refractivity contribution in [2.75, 3.05) is 13.2 Å². The van der Waals surface area contributed by atoms with E-state index in [4.69, 9.17) is 5.11 Å². The fourth-order valence-electron chi connectivity index (χ4n) is 2.88. The topological polar surface area (TPSA) is 63.0 Å². The first kappa shape index (κ1) is 14.5. The van der Waals surface area contributed by atoms with Crippen molar-refractivity contribution in [2.24, 2.45) is 11.8 Å². The summed E-state index contributed by atoms with van der Waals surface area (Å²) in [6.07, 6.45) is 8.77. The summed E-state index contributed by atoms with van der Waals surface area (Å²) in [7, 11) is 0. The van der Waals surface area contributed by atoms with Crippen molar-refractivity contribution in [1.29, 1.82) is 0 Å². The van der Waals surface area contributed by atoms with Crippen LogP contribution < -0.4 is 5.32 Å². The highest BCUT2D eigenvalue weighted by Crippen LogP contribution is 2.30. The highest BCUT2D eigenvalue weighted by atomic mass is 16.3. The zero-order chi connectivity index (χ0) is 13.5. The van der Waals surface area contributed by atoms with Gasteiger partial charge in [0.05, 0.1) is 18.8 Å². The Morgan fingerprint density at radius 1 is 1.32 bits per heavy atom. The molecule has 0 amide bonds. The monoisotopic (exact) mass is 266 g/mol. The Bertz CT molecular complexity index is 358. The molecular weight excluding hydrogens is 240 g/mol. The number of aliphatic hydroxyl groups excluding tert-OH is 1. The van der Waals surface area contributed by atoms with E-state index in [1.807, 2.05) is 6.20 Å². The Balaban J connectivity index is 1.63. The molecule has 1 aliphatic rings. The first-order chi connectivity index (χ1) is 9.31. The molecule has 0 bridgehead atoms. The third-order valence-corrected chi connectivity index (χ3v) is 4.20. The van der Waals surface area contributed by atoms with Crippen LogP contribution in [0.5, 0.6) is 0 Å². The van der Waals surface area contributed by atoms with E-state index >= 15 is 0 Å². The second-order valence-corrected chi connectivity index (χ2v) is 5.62. The highest BCUT2D eigenvalue weighted by Gasteiger charge is 2.19. The molecule has 0 unspecified atom stereocenters. The minimum atomic E-state index is 0.108. The molecule has 0 aromatic carbocycles. The minimum Gasteiger partial charge on any atom is -0.394 e. The van der Waals surface area contributed by atoms with E-state index in [1.165, 1.54) is 32.1 Å². The molecule has 19 heavy (non-hydrogen) atoms. The van der Waals surface area contributed by atoms with E-state index in [0.29, 0.717) is 6.54 Å². The average molecular weight is 266 g/mol. The molecule has 108 valence electrons. The zero-order valence-electron chi connectivity index (χ0n) is 11.9. The van der Waals surface area contributed by atoms with Crippen molar-refractivity contribution in [2.45, 2.75) is 52.1 Å².